The van der Waals surface area contributed by atoms with E-state index < -0.39 is 6.29 Å². The second-order valence-electron chi connectivity index (χ2n) is 6.13. The van der Waals surface area contributed by atoms with E-state index in [0.717, 1.165) is 5.39 Å². The normalized spacial score (nSPS) is 11.1. The average Bonchev–Trinajstić information content (AvgIpc) is 2.75. The molecule has 3 aromatic rings. The molecule has 0 saturated heterocycles. The number of ether oxygens (including phenoxy) is 5. The zero-order valence-corrected chi connectivity index (χ0v) is 16.6. The van der Waals surface area contributed by atoms with E-state index in [0.29, 0.717) is 34.0 Å². The highest BCUT2D eigenvalue weighted by Crippen LogP contribution is 2.42. The van der Waals surface area contributed by atoms with Crippen LogP contribution < -0.4 is 14.2 Å². The minimum atomic E-state index is -0.579. The Morgan fingerprint density at radius 3 is 2.28 bits per heavy atom. The van der Waals surface area contributed by atoms with Crippen molar-refractivity contribution in [3.05, 3.63) is 36.4 Å². The van der Waals surface area contributed by atoms with Crippen molar-refractivity contribution < 1.29 is 33.9 Å². The predicted molar refractivity (Wildman–Crippen MR) is 107 cm³/mol. The van der Waals surface area contributed by atoms with Gasteiger partial charge in [0.15, 0.2) is 29.3 Å². The molecule has 2 N–H and O–H groups in total. The maximum absolute atomic E-state index is 9.86. The summed E-state index contributed by atoms with van der Waals surface area (Å²) in [4.78, 5) is 4.60. The van der Waals surface area contributed by atoms with Crippen molar-refractivity contribution in [1.82, 2.24) is 4.98 Å². The molecule has 8 heteroatoms. The lowest BCUT2D eigenvalue weighted by Gasteiger charge is -2.18. The third-order valence-electron chi connectivity index (χ3n) is 4.46. The smallest absolute Gasteiger partial charge is 0.226 e. The summed E-state index contributed by atoms with van der Waals surface area (Å²) in [6, 6.07) is 9.97. The molecule has 3 rings (SSSR count). The molecule has 1 aromatic heterocycles. The summed E-state index contributed by atoms with van der Waals surface area (Å²) in [6.45, 7) is 0.0970. The molecule has 0 atom stereocenters. The van der Waals surface area contributed by atoms with Gasteiger partial charge in [0.25, 0.3) is 0 Å². The first kappa shape index (κ1) is 20.5. The lowest BCUT2D eigenvalue weighted by atomic mass is 10.1. The minimum Gasteiger partial charge on any atom is -0.504 e. The van der Waals surface area contributed by atoms with Crippen molar-refractivity contribution in [2.24, 2.45) is 0 Å². The van der Waals surface area contributed by atoms with Crippen molar-refractivity contribution in [2.45, 2.75) is 6.29 Å². The number of nitrogens with zero attached hydrogens (tertiary/aromatic N) is 1. The van der Waals surface area contributed by atoms with E-state index in [1.807, 2.05) is 12.1 Å². The number of benzene rings is 2. The Labute approximate surface area is 168 Å². The average molecular weight is 401 g/mol. The van der Waals surface area contributed by atoms with Gasteiger partial charge in [-0.2, -0.15) is 0 Å². The number of fused-ring (bicyclic) bond motifs is 1. The van der Waals surface area contributed by atoms with Crippen LogP contribution in [0.15, 0.2) is 36.4 Å². The van der Waals surface area contributed by atoms with Gasteiger partial charge >= 0.3 is 0 Å². The van der Waals surface area contributed by atoms with Crippen LogP contribution in [0.4, 0.5) is 0 Å². The molecule has 2 aromatic carbocycles. The van der Waals surface area contributed by atoms with Crippen LogP contribution in [0.3, 0.4) is 0 Å². The van der Waals surface area contributed by atoms with E-state index in [1.165, 1.54) is 26.4 Å². The molecule has 0 spiro atoms. The van der Waals surface area contributed by atoms with Gasteiger partial charge in [-0.15, -0.1) is 0 Å². The van der Waals surface area contributed by atoms with Crippen molar-refractivity contribution in [3.8, 4) is 40.1 Å². The molecule has 0 radical (unpaired) electrons. The van der Waals surface area contributed by atoms with Crippen molar-refractivity contribution >= 4 is 10.8 Å². The fraction of sp³-hybridized carbons (Fsp3) is 0.286. The number of hydrogen-bond acceptors (Lipinski definition) is 8. The maximum atomic E-state index is 9.86. The highest BCUT2D eigenvalue weighted by Gasteiger charge is 2.19. The second-order valence-corrected chi connectivity index (χ2v) is 6.13. The summed E-state index contributed by atoms with van der Waals surface area (Å²) in [7, 11) is 6.13. The lowest BCUT2D eigenvalue weighted by Crippen LogP contribution is -2.22. The monoisotopic (exact) mass is 401 g/mol. The van der Waals surface area contributed by atoms with Gasteiger partial charge < -0.3 is 33.9 Å². The highest BCUT2D eigenvalue weighted by molar-refractivity contribution is 5.96. The van der Waals surface area contributed by atoms with Crippen LogP contribution in [0.5, 0.6) is 28.9 Å². The maximum Gasteiger partial charge on any atom is 0.226 e. The Bertz CT molecular complexity index is 1000. The Morgan fingerprint density at radius 2 is 1.66 bits per heavy atom. The zero-order valence-electron chi connectivity index (χ0n) is 16.6. The third kappa shape index (κ3) is 4.13. The van der Waals surface area contributed by atoms with Gasteiger partial charge in [0.1, 0.15) is 6.61 Å². The van der Waals surface area contributed by atoms with Gasteiger partial charge in [-0.25, -0.2) is 4.98 Å². The first-order chi connectivity index (χ1) is 14.0. The summed E-state index contributed by atoms with van der Waals surface area (Å²) in [5, 5.41) is 20.9. The molecular weight excluding hydrogens is 378 g/mol. The van der Waals surface area contributed by atoms with Gasteiger partial charge in [-0.05, 0) is 35.7 Å². The number of phenolic OH excluding ortho intramolecular Hbond substituents is 2. The van der Waals surface area contributed by atoms with Gasteiger partial charge in [-0.1, -0.05) is 6.07 Å². The number of aromatic hydroxyl groups is 2. The predicted octanol–water partition coefficient (Wildman–Crippen LogP) is 3.33. The molecule has 0 aliphatic carbocycles. The molecule has 0 aliphatic rings. The molecular formula is C21H23NO7. The Kier molecular flexibility index (Phi) is 6.26. The number of rotatable bonds is 8. The lowest BCUT2D eigenvalue weighted by molar-refractivity contribution is -0.122. The molecule has 0 saturated carbocycles. The molecule has 8 nitrogen and oxygen atoms in total. The van der Waals surface area contributed by atoms with E-state index in [-0.39, 0.29) is 18.1 Å². The topological polar surface area (TPSA) is 99.5 Å². The summed E-state index contributed by atoms with van der Waals surface area (Å²) in [5.74, 6) is 0.870. The van der Waals surface area contributed by atoms with Crippen LogP contribution in [0.2, 0.25) is 0 Å². The molecule has 0 unspecified atom stereocenters. The number of methoxy groups -OCH3 is 4. The van der Waals surface area contributed by atoms with Crippen LogP contribution in [0.25, 0.3) is 22.0 Å². The van der Waals surface area contributed by atoms with E-state index in [4.69, 9.17) is 23.7 Å². The first-order valence-corrected chi connectivity index (χ1v) is 8.78. The third-order valence-corrected chi connectivity index (χ3v) is 4.46. The molecule has 0 amide bonds. The summed E-state index contributed by atoms with van der Waals surface area (Å²) in [6.07, 6.45) is -0.579. The number of phenols is 2. The SMILES string of the molecule is COc1ccc2cc(-c3ccc(O)c(O)c3)nc(OCC(OC)OC)c2c1OC. The quantitative estimate of drug-likeness (QED) is 0.438. The van der Waals surface area contributed by atoms with E-state index >= 15 is 0 Å². The van der Waals surface area contributed by atoms with E-state index in [9.17, 15) is 10.2 Å². The summed E-state index contributed by atoms with van der Waals surface area (Å²) in [5.41, 5.74) is 1.15. The van der Waals surface area contributed by atoms with Crippen LogP contribution >= 0.6 is 0 Å². The molecule has 1 heterocycles. The summed E-state index contributed by atoms with van der Waals surface area (Å²) < 4.78 is 27.2. The molecule has 0 bridgehead atoms. The second kappa shape index (κ2) is 8.85. The van der Waals surface area contributed by atoms with Crippen molar-refractivity contribution in [2.75, 3.05) is 35.0 Å². The van der Waals surface area contributed by atoms with Gasteiger partial charge in [-0.3, -0.25) is 0 Å². The standard InChI is InChI=1S/C21H23NO7/c1-25-17-8-6-13-9-14(12-5-7-15(23)16(24)10-12)22-21(19(13)20(17)28-4)29-11-18(26-2)27-3/h5-10,18,23-24H,11H2,1-4H3. The van der Waals surface area contributed by atoms with Crippen LogP contribution in [-0.2, 0) is 9.47 Å². The number of hydrogen-bond donors (Lipinski definition) is 2. The minimum absolute atomic E-state index is 0.0970. The summed E-state index contributed by atoms with van der Waals surface area (Å²) >= 11 is 0. The molecule has 154 valence electrons. The van der Waals surface area contributed by atoms with E-state index in [2.05, 4.69) is 4.98 Å². The van der Waals surface area contributed by atoms with Gasteiger partial charge in [0.2, 0.25) is 5.88 Å². The number of aromatic nitrogens is 1. The van der Waals surface area contributed by atoms with Crippen LogP contribution in [0.1, 0.15) is 0 Å². The van der Waals surface area contributed by atoms with Crippen LogP contribution in [-0.4, -0.2) is 56.5 Å². The first-order valence-electron chi connectivity index (χ1n) is 8.78. The van der Waals surface area contributed by atoms with E-state index in [1.54, 1.807) is 26.4 Å². The van der Waals surface area contributed by atoms with Gasteiger partial charge in [0, 0.05) is 19.8 Å². The fourth-order valence-electron chi connectivity index (χ4n) is 2.94. The van der Waals surface area contributed by atoms with Gasteiger partial charge in [0.05, 0.1) is 25.3 Å². The largest absolute Gasteiger partial charge is 0.504 e. The van der Waals surface area contributed by atoms with Crippen LogP contribution in [0, 0.1) is 0 Å². The van der Waals surface area contributed by atoms with Crippen molar-refractivity contribution in [1.29, 1.82) is 0 Å². The molecule has 0 fully saturated rings. The molecule has 0 aliphatic heterocycles. The zero-order chi connectivity index (χ0) is 21.0. The molecule has 29 heavy (non-hydrogen) atoms. The Balaban J connectivity index is 2.18. The number of pyridine rings is 1. The Morgan fingerprint density at radius 1 is 0.897 bits per heavy atom. The Hall–Kier alpha value is -3.23. The van der Waals surface area contributed by atoms with Crippen molar-refractivity contribution in [3.63, 3.8) is 0 Å². The highest BCUT2D eigenvalue weighted by atomic mass is 16.7. The fourth-order valence-corrected chi connectivity index (χ4v) is 2.94.